The lowest BCUT2D eigenvalue weighted by atomic mass is 10.0. The molecule has 7 heteroatoms. The summed E-state index contributed by atoms with van der Waals surface area (Å²) in [5.74, 6) is 0.131. The van der Waals surface area contributed by atoms with E-state index in [1.807, 2.05) is 16.5 Å². The first-order valence-corrected chi connectivity index (χ1v) is 10.6. The lowest BCUT2D eigenvalue weighted by Gasteiger charge is -2.29. The standard InChI is InChI=1S/C19H27N5OS/c1-2-8-24-16-6-11-22(14-17-20-7-12-26-17)13-15(16)18(21-24)19(25)23-9-4-3-5-10-23/h7,12H,2-6,8-11,13-14H2,1H3. The summed E-state index contributed by atoms with van der Waals surface area (Å²) < 4.78 is 2.09. The lowest BCUT2D eigenvalue weighted by molar-refractivity contribution is 0.0715. The predicted molar refractivity (Wildman–Crippen MR) is 102 cm³/mol. The van der Waals surface area contributed by atoms with Crippen molar-refractivity contribution in [3.63, 3.8) is 0 Å². The van der Waals surface area contributed by atoms with Crippen molar-refractivity contribution in [3.05, 3.63) is 33.5 Å². The van der Waals surface area contributed by atoms with E-state index in [1.165, 1.54) is 12.1 Å². The highest BCUT2D eigenvalue weighted by atomic mass is 32.1. The molecule has 4 rings (SSSR count). The minimum atomic E-state index is 0.131. The van der Waals surface area contributed by atoms with Gasteiger partial charge in [0.2, 0.25) is 0 Å². The Hall–Kier alpha value is -1.73. The summed E-state index contributed by atoms with van der Waals surface area (Å²) in [7, 11) is 0. The predicted octanol–water partition coefficient (Wildman–Crippen LogP) is 2.93. The van der Waals surface area contributed by atoms with Crippen molar-refractivity contribution in [2.45, 2.75) is 58.7 Å². The Morgan fingerprint density at radius 2 is 2.08 bits per heavy atom. The summed E-state index contributed by atoms with van der Waals surface area (Å²) >= 11 is 1.70. The van der Waals surface area contributed by atoms with E-state index in [1.54, 1.807) is 11.3 Å². The third-order valence-electron chi connectivity index (χ3n) is 5.34. The normalized spacial score (nSPS) is 18.1. The van der Waals surface area contributed by atoms with Gasteiger partial charge in [-0.05, 0) is 25.7 Å². The minimum Gasteiger partial charge on any atom is -0.337 e. The largest absolute Gasteiger partial charge is 0.337 e. The summed E-state index contributed by atoms with van der Waals surface area (Å²) in [6, 6.07) is 0. The Morgan fingerprint density at radius 1 is 1.23 bits per heavy atom. The second kappa shape index (κ2) is 7.88. The molecule has 0 unspecified atom stereocenters. The monoisotopic (exact) mass is 373 g/mol. The minimum absolute atomic E-state index is 0.131. The molecule has 0 aliphatic carbocycles. The Morgan fingerprint density at radius 3 is 2.81 bits per heavy atom. The van der Waals surface area contributed by atoms with Gasteiger partial charge in [0.15, 0.2) is 5.69 Å². The molecule has 1 amide bonds. The van der Waals surface area contributed by atoms with Crippen LogP contribution in [0.3, 0.4) is 0 Å². The molecule has 0 bridgehead atoms. The van der Waals surface area contributed by atoms with Crippen LogP contribution >= 0.6 is 11.3 Å². The molecule has 1 fully saturated rings. The number of thiazole rings is 1. The molecule has 1 saturated heterocycles. The first kappa shape index (κ1) is 17.7. The van der Waals surface area contributed by atoms with Crippen molar-refractivity contribution in [3.8, 4) is 0 Å². The summed E-state index contributed by atoms with van der Waals surface area (Å²) in [5, 5.41) is 7.93. The van der Waals surface area contributed by atoms with Gasteiger partial charge < -0.3 is 4.90 Å². The van der Waals surface area contributed by atoms with Crippen LogP contribution in [0, 0.1) is 0 Å². The number of rotatable bonds is 5. The fourth-order valence-electron chi connectivity index (χ4n) is 4.02. The highest BCUT2D eigenvalue weighted by molar-refractivity contribution is 7.09. The van der Waals surface area contributed by atoms with Gasteiger partial charge in [-0.1, -0.05) is 6.92 Å². The number of hydrogen-bond acceptors (Lipinski definition) is 5. The van der Waals surface area contributed by atoms with Crippen LogP contribution in [0.15, 0.2) is 11.6 Å². The van der Waals surface area contributed by atoms with Crippen molar-refractivity contribution in [2.24, 2.45) is 0 Å². The second-order valence-corrected chi connectivity index (χ2v) is 8.22. The van der Waals surface area contributed by atoms with Gasteiger partial charge in [0.1, 0.15) is 5.01 Å². The molecule has 2 aromatic heterocycles. The Bertz CT molecular complexity index is 748. The summed E-state index contributed by atoms with van der Waals surface area (Å²) in [4.78, 5) is 21.9. The summed E-state index contributed by atoms with van der Waals surface area (Å²) in [6.07, 6.45) is 7.31. The van der Waals surface area contributed by atoms with Gasteiger partial charge in [-0.3, -0.25) is 14.4 Å². The average Bonchev–Trinajstić information content (AvgIpc) is 3.30. The fourth-order valence-corrected chi connectivity index (χ4v) is 4.68. The lowest BCUT2D eigenvalue weighted by Crippen LogP contribution is -2.37. The van der Waals surface area contributed by atoms with Crippen molar-refractivity contribution < 1.29 is 4.79 Å². The average molecular weight is 374 g/mol. The first-order valence-electron chi connectivity index (χ1n) is 9.75. The molecule has 4 heterocycles. The van der Waals surface area contributed by atoms with E-state index in [2.05, 4.69) is 21.5 Å². The zero-order chi connectivity index (χ0) is 17.9. The molecule has 6 nitrogen and oxygen atoms in total. The van der Waals surface area contributed by atoms with Gasteiger partial charge in [-0.2, -0.15) is 5.10 Å². The highest BCUT2D eigenvalue weighted by Gasteiger charge is 2.30. The fraction of sp³-hybridized carbons (Fsp3) is 0.632. The number of carbonyl (C=O) groups is 1. The van der Waals surface area contributed by atoms with Crippen LogP contribution in [0.1, 0.15) is 59.4 Å². The Kier molecular flexibility index (Phi) is 5.36. The number of piperidine rings is 1. The molecule has 140 valence electrons. The molecular formula is C19H27N5OS. The molecule has 0 radical (unpaired) electrons. The van der Waals surface area contributed by atoms with Gasteiger partial charge in [0, 0.05) is 62.0 Å². The van der Waals surface area contributed by atoms with Gasteiger partial charge in [-0.25, -0.2) is 4.98 Å². The smallest absolute Gasteiger partial charge is 0.274 e. The molecule has 0 aromatic carbocycles. The van der Waals surface area contributed by atoms with Crippen LogP contribution < -0.4 is 0 Å². The SMILES string of the molecule is CCCn1nc(C(=O)N2CCCCC2)c2c1CCN(Cc1nccs1)C2. The van der Waals surface area contributed by atoms with E-state index in [-0.39, 0.29) is 5.91 Å². The molecule has 2 aliphatic heterocycles. The third kappa shape index (κ3) is 3.55. The zero-order valence-corrected chi connectivity index (χ0v) is 16.3. The molecule has 2 aromatic rings. The van der Waals surface area contributed by atoms with Crippen LogP contribution in [0.2, 0.25) is 0 Å². The molecule has 26 heavy (non-hydrogen) atoms. The zero-order valence-electron chi connectivity index (χ0n) is 15.5. The van der Waals surface area contributed by atoms with Crippen molar-refractivity contribution in [1.82, 2.24) is 24.6 Å². The van der Waals surface area contributed by atoms with Gasteiger partial charge >= 0.3 is 0 Å². The number of likely N-dealkylation sites (tertiary alicyclic amines) is 1. The summed E-state index contributed by atoms with van der Waals surface area (Å²) in [6.45, 7) is 7.45. The number of aryl methyl sites for hydroxylation is 1. The van der Waals surface area contributed by atoms with Crippen molar-refractivity contribution in [2.75, 3.05) is 19.6 Å². The maximum absolute atomic E-state index is 13.1. The highest BCUT2D eigenvalue weighted by Crippen LogP contribution is 2.26. The van der Waals surface area contributed by atoms with Crippen LogP contribution in [0.25, 0.3) is 0 Å². The first-order chi connectivity index (χ1) is 12.8. The van der Waals surface area contributed by atoms with Crippen LogP contribution in [0.4, 0.5) is 0 Å². The van der Waals surface area contributed by atoms with E-state index in [0.29, 0.717) is 5.69 Å². The van der Waals surface area contributed by atoms with E-state index in [4.69, 9.17) is 5.10 Å². The number of fused-ring (bicyclic) bond motifs is 1. The molecule has 2 aliphatic rings. The quantitative estimate of drug-likeness (QED) is 0.809. The van der Waals surface area contributed by atoms with Gasteiger partial charge in [-0.15, -0.1) is 11.3 Å². The third-order valence-corrected chi connectivity index (χ3v) is 6.10. The van der Waals surface area contributed by atoms with Crippen LogP contribution in [-0.2, 0) is 26.1 Å². The Labute approximate surface area is 158 Å². The van der Waals surface area contributed by atoms with Crippen LogP contribution in [-0.4, -0.2) is 50.1 Å². The Balaban J connectivity index is 1.59. The van der Waals surface area contributed by atoms with E-state index >= 15 is 0 Å². The van der Waals surface area contributed by atoms with Crippen molar-refractivity contribution in [1.29, 1.82) is 0 Å². The van der Waals surface area contributed by atoms with Gasteiger partial charge in [0.25, 0.3) is 5.91 Å². The maximum Gasteiger partial charge on any atom is 0.274 e. The second-order valence-electron chi connectivity index (χ2n) is 7.24. The molecular weight excluding hydrogens is 346 g/mol. The maximum atomic E-state index is 13.1. The van der Waals surface area contributed by atoms with Gasteiger partial charge in [0.05, 0.1) is 6.54 Å². The molecule has 0 N–H and O–H groups in total. The van der Waals surface area contributed by atoms with Crippen LogP contribution in [0.5, 0.6) is 0 Å². The van der Waals surface area contributed by atoms with E-state index in [9.17, 15) is 4.79 Å². The van der Waals surface area contributed by atoms with E-state index in [0.717, 1.165) is 75.5 Å². The molecule has 0 spiro atoms. The number of nitrogens with zero attached hydrogens (tertiary/aromatic N) is 5. The molecule has 0 saturated carbocycles. The topological polar surface area (TPSA) is 54.3 Å². The number of aromatic nitrogens is 3. The van der Waals surface area contributed by atoms with Crippen molar-refractivity contribution >= 4 is 17.2 Å². The number of hydrogen-bond donors (Lipinski definition) is 0. The summed E-state index contributed by atoms with van der Waals surface area (Å²) in [5.41, 5.74) is 3.11. The van der Waals surface area contributed by atoms with E-state index < -0.39 is 0 Å². The number of amides is 1. The molecule has 0 atom stereocenters. The number of carbonyl (C=O) groups excluding carboxylic acids is 1.